The molecule has 2 amide bonds. The zero-order valence-electron chi connectivity index (χ0n) is 23.9. The first-order valence-corrected chi connectivity index (χ1v) is 14.2. The smallest absolute Gasteiger partial charge is 0.248 e. The van der Waals surface area contributed by atoms with E-state index in [2.05, 4.69) is 41.3 Å². The number of nitrogens with one attached hydrogen (secondary N) is 1. The van der Waals surface area contributed by atoms with Crippen molar-refractivity contribution in [3.05, 3.63) is 63.9 Å². The van der Waals surface area contributed by atoms with Crippen LogP contribution in [-0.4, -0.2) is 59.8 Å². The third kappa shape index (κ3) is 5.76. The molecule has 4 heterocycles. The van der Waals surface area contributed by atoms with Crippen LogP contribution in [0.25, 0.3) is 22.0 Å². The van der Waals surface area contributed by atoms with Crippen molar-refractivity contribution in [1.82, 2.24) is 29.6 Å². The minimum atomic E-state index is -0.666. The van der Waals surface area contributed by atoms with Crippen LogP contribution in [-0.2, 0) is 16.1 Å². The average molecular weight is 619 g/mol. The number of nitrogens with zero attached hydrogens (tertiary/aromatic N) is 6. The molecule has 10 nitrogen and oxygen atoms in total. The second kappa shape index (κ2) is 10.8. The molecule has 1 atom stereocenters. The summed E-state index contributed by atoms with van der Waals surface area (Å²) in [6.07, 6.45) is 4.00. The SMILES string of the molecule is CC(=O)c1nn(CC(=O)N2CC(C)(C)C[C@H]2C(=O)Nc2nc(Br)ccc2C)c2c(C)cc(-c3cnc(C)nc3)cc12. The molecule has 0 spiro atoms. The monoisotopic (exact) mass is 617 g/mol. The number of benzene rings is 1. The fourth-order valence-corrected chi connectivity index (χ4v) is 5.74. The van der Waals surface area contributed by atoms with Crippen molar-refractivity contribution in [2.45, 2.75) is 60.5 Å². The quantitative estimate of drug-likeness (QED) is 0.237. The first-order valence-electron chi connectivity index (χ1n) is 13.4. The van der Waals surface area contributed by atoms with Gasteiger partial charge in [0.25, 0.3) is 0 Å². The molecule has 11 heteroatoms. The number of ketones is 1. The zero-order valence-corrected chi connectivity index (χ0v) is 25.5. The minimum Gasteiger partial charge on any atom is -0.328 e. The molecule has 0 saturated carbocycles. The Morgan fingerprint density at radius 2 is 1.76 bits per heavy atom. The normalized spacial score (nSPS) is 16.3. The summed E-state index contributed by atoms with van der Waals surface area (Å²) in [6.45, 7) is 11.5. The standard InChI is InChI=1S/C30H32BrN7O3/c1-16-7-8-24(31)34-28(16)35-29(41)23-11-30(5,6)15-37(23)25(40)14-38-27-17(2)9-20(21-12-32-19(4)33-13-21)10-22(27)26(36-38)18(3)39/h7-10,12-13,23H,11,14-15H2,1-6H3,(H,34,35,41)/t23-/m0/s1. The lowest BCUT2D eigenvalue weighted by Gasteiger charge is -2.24. The van der Waals surface area contributed by atoms with Gasteiger partial charge >= 0.3 is 0 Å². The number of amides is 2. The fourth-order valence-electron chi connectivity index (χ4n) is 5.43. The number of hydrogen-bond donors (Lipinski definition) is 1. The highest BCUT2D eigenvalue weighted by Crippen LogP contribution is 2.35. The van der Waals surface area contributed by atoms with E-state index in [9.17, 15) is 14.4 Å². The molecule has 0 bridgehead atoms. The van der Waals surface area contributed by atoms with Gasteiger partial charge in [-0.25, -0.2) is 15.0 Å². The Bertz CT molecular complexity index is 1690. The molecule has 212 valence electrons. The predicted octanol–water partition coefficient (Wildman–Crippen LogP) is 5.04. The molecule has 1 fully saturated rings. The lowest BCUT2D eigenvalue weighted by atomic mass is 9.90. The molecule has 0 aliphatic carbocycles. The number of likely N-dealkylation sites (tertiary alicyclic amines) is 1. The average Bonchev–Trinajstić information content (AvgIpc) is 3.44. The van der Waals surface area contributed by atoms with Gasteiger partial charge in [-0.05, 0) is 83.4 Å². The van der Waals surface area contributed by atoms with Gasteiger partial charge in [0.2, 0.25) is 11.8 Å². The molecule has 0 unspecified atom stereocenters. The summed E-state index contributed by atoms with van der Waals surface area (Å²) in [7, 11) is 0. The fraction of sp³-hybridized carbons (Fsp3) is 0.367. The number of anilines is 1. The number of hydrogen-bond acceptors (Lipinski definition) is 7. The number of rotatable bonds is 6. The van der Waals surface area contributed by atoms with Crippen LogP contribution in [0.1, 0.15) is 54.6 Å². The van der Waals surface area contributed by atoms with Gasteiger partial charge in [0, 0.05) is 36.8 Å². The summed E-state index contributed by atoms with van der Waals surface area (Å²) in [5.41, 5.74) is 4.10. The second-order valence-corrected chi connectivity index (χ2v) is 12.3. The molecule has 1 saturated heterocycles. The highest BCUT2D eigenvalue weighted by molar-refractivity contribution is 9.10. The molecule has 0 radical (unpaired) electrons. The molecule has 1 N–H and O–H groups in total. The number of aryl methyl sites for hydroxylation is 3. The Morgan fingerprint density at radius 1 is 1.05 bits per heavy atom. The van der Waals surface area contributed by atoms with Crippen molar-refractivity contribution >= 4 is 50.2 Å². The molecular formula is C30H32BrN7O3. The van der Waals surface area contributed by atoms with E-state index in [1.54, 1.807) is 22.0 Å². The van der Waals surface area contributed by atoms with Crippen molar-refractivity contribution in [1.29, 1.82) is 0 Å². The van der Waals surface area contributed by atoms with E-state index in [1.807, 2.05) is 58.9 Å². The highest BCUT2D eigenvalue weighted by Gasteiger charge is 2.44. The van der Waals surface area contributed by atoms with E-state index in [4.69, 9.17) is 0 Å². The highest BCUT2D eigenvalue weighted by atomic mass is 79.9. The third-order valence-electron chi connectivity index (χ3n) is 7.42. The van der Waals surface area contributed by atoms with Crippen LogP contribution in [0.4, 0.5) is 5.82 Å². The summed E-state index contributed by atoms with van der Waals surface area (Å²) in [4.78, 5) is 54.5. The molecule has 3 aromatic heterocycles. The van der Waals surface area contributed by atoms with Gasteiger partial charge in [-0.15, -0.1) is 0 Å². The lowest BCUT2D eigenvalue weighted by molar-refractivity contribution is -0.137. The summed E-state index contributed by atoms with van der Waals surface area (Å²) in [5, 5.41) is 8.15. The summed E-state index contributed by atoms with van der Waals surface area (Å²) < 4.78 is 2.19. The number of aromatic nitrogens is 5. The van der Waals surface area contributed by atoms with Crippen LogP contribution in [0, 0.1) is 26.2 Å². The Balaban J connectivity index is 1.47. The molecule has 4 aromatic rings. The Morgan fingerprint density at radius 3 is 2.44 bits per heavy atom. The van der Waals surface area contributed by atoms with Crippen LogP contribution in [0.2, 0.25) is 0 Å². The van der Waals surface area contributed by atoms with Gasteiger partial charge in [0.15, 0.2) is 5.78 Å². The number of fused-ring (bicyclic) bond motifs is 1. The van der Waals surface area contributed by atoms with E-state index in [0.29, 0.717) is 40.1 Å². The molecule has 5 rings (SSSR count). The topological polar surface area (TPSA) is 123 Å². The van der Waals surface area contributed by atoms with Crippen molar-refractivity contribution < 1.29 is 14.4 Å². The van der Waals surface area contributed by atoms with E-state index >= 15 is 0 Å². The largest absolute Gasteiger partial charge is 0.328 e. The van der Waals surface area contributed by atoms with Crippen LogP contribution >= 0.6 is 15.9 Å². The predicted molar refractivity (Wildman–Crippen MR) is 159 cm³/mol. The number of carbonyl (C=O) groups excluding carboxylic acids is 3. The maximum atomic E-state index is 13.8. The Labute approximate surface area is 246 Å². The summed E-state index contributed by atoms with van der Waals surface area (Å²) in [5.74, 6) is 0.394. The van der Waals surface area contributed by atoms with Gasteiger partial charge in [0.1, 0.15) is 34.5 Å². The number of carbonyl (C=O) groups is 3. The van der Waals surface area contributed by atoms with Crippen molar-refractivity contribution in [3.8, 4) is 11.1 Å². The Kier molecular flexibility index (Phi) is 7.50. The zero-order chi connectivity index (χ0) is 29.6. The first-order chi connectivity index (χ1) is 19.3. The molecular weight excluding hydrogens is 586 g/mol. The van der Waals surface area contributed by atoms with E-state index in [-0.39, 0.29) is 35.3 Å². The van der Waals surface area contributed by atoms with E-state index < -0.39 is 6.04 Å². The Hall–Kier alpha value is -3.99. The molecule has 41 heavy (non-hydrogen) atoms. The number of pyridine rings is 1. The molecule has 1 aliphatic heterocycles. The summed E-state index contributed by atoms with van der Waals surface area (Å²) in [6, 6.07) is 6.88. The van der Waals surface area contributed by atoms with Crippen LogP contribution < -0.4 is 5.32 Å². The van der Waals surface area contributed by atoms with Gasteiger partial charge in [-0.2, -0.15) is 5.10 Å². The van der Waals surface area contributed by atoms with Crippen molar-refractivity contribution in [2.24, 2.45) is 5.41 Å². The first kappa shape index (κ1) is 28.5. The number of Topliss-reactive ketones (excluding diaryl/α,β-unsaturated/α-hetero) is 1. The molecule has 1 aliphatic rings. The van der Waals surface area contributed by atoms with E-state index in [0.717, 1.165) is 22.3 Å². The molecule has 1 aromatic carbocycles. The van der Waals surface area contributed by atoms with Gasteiger partial charge in [-0.3, -0.25) is 19.1 Å². The van der Waals surface area contributed by atoms with Crippen molar-refractivity contribution in [2.75, 3.05) is 11.9 Å². The maximum Gasteiger partial charge on any atom is 0.248 e. The third-order valence-corrected chi connectivity index (χ3v) is 7.86. The lowest BCUT2D eigenvalue weighted by Crippen LogP contribution is -2.44. The van der Waals surface area contributed by atoms with Crippen molar-refractivity contribution in [3.63, 3.8) is 0 Å². The van der Waals surface area contributed by atoms with E-state index in [1.165, 1.54) is 6.92 Å². The van der Waals surface area contributed by atoms with Gasteiger partial charge in [0.05, 0.1) is 5.52 Å². The van der Waals surface area contributed by atoms with Crippen LogP contribution in [0.5, 0.6) is 0 Å². The van der Waals surface area contributed by atoms with Gasteiger partial charge in [-0.1, -0.05) is 19.9 Å². The van der Waals surface area contributed by atoms with Gasteiger partial charge < -0.3 is 10.2 Å². The minimum absolute atomic E-state index is 0.106. The maximum absolute atomic E-state index is 13.8. The van der Waals surface area contributed by atoms with Crippen LogP contribution in [0.3, 0.4) is 0 Å². The van der Waals surface area contributed by atoms with Crippen LogP contribution in [0.15, 0.2) is 41.3 Å². The summed E-state index contributed by atoms with van der Waals surface area (Å²) >= 11 is 3.35. The second-order valence-electron chi connectivity index (χ2n) is 11.5. The number of halogens is 1.